The van der Waals surface area contributed by atoms with Crippen molar-refractivity contribution in [1.29, 1.82) is 0 Å². The first-order chi connectivity index (χ1) is 10.3. The maximum atomic E-state index is 4.63. The summed E-state index contributed by atoms with van der Waals surface area (Å²) < 4.78 is 1.08. The number of hydrogen-bond acceptors (Lipinski definition) is 3. The standard InChI is InChI=1S/C16H16BrN3S/c1-2-18-10-11-7-8-12(17)9-15(11)21-16-19-13-5-3-4-6-14(13)20-16/h3-9,18H,2,10H2,1H3,(H,19,20). The van der Waals surface area contributed by atoms with Crippen LogP contribution < -0.4 is 5.32 Å². The Kier molecular flexibility index (Phi) is 4.63. The van der Waals surface area contributed by atoms with Crippen molar-refractivity contribution in [3.05, 3.63) is 52.5 Å². The van der Waals surface area contributed by atoms with Gasteiger partial charge in [-0.2, -0.15) is 0 Å². The molecule has 1 aromatic heterocycles. The number of rotatable bonds is 5. The van der Waals surface area contributed by atoms with Crippen molar-refractivity contribution in [2.24, 2.45) is 0 Å². The third-order valence-corrected chi connectivity index (χ3v) is 4.65. The highest BCUT2D eigenvalue weighted by molar-refractivity contribution is 9.10. The van der Waals surface area contributed by atoms with E-state index in [2.05, 4.69) is 56.3 Å². The van der Waals surface area contributed by atoms with Gasteiger partial charge in [0.1, 0.15) is 0 Å². The molecule has 3 rings (SSSR count). The lowest BCUT2D eigenvalue weighted by Gasteiger charge is -2.09. The Hall–Kier alpha value is -1.30. The third kappa shape index (κ3) is 3.48. The molecule has 0 saturated carbocycles. The SMILES string of the molecule is CCNCc1ccc(Br)cc1Sc1nc2ccccc2[nH]1. The molecule has 0 unspecified atom stereocenters. The predicted molar refractivity (Wildman–Crippen MR) is 91.7 cm³/mol. The maximum absolute atomic E-state index is 4.63. The molecule has 1 heterocycles. The van der Waals surface area contributed by atoms with Crippen LogP contribution in [0.4, 0.5) is 0 Å². The molecule has 0 amide bonds. The molecule has 3 aromatic rings. The van der Waals surface area contributed by atoms with Gasteiger partial charge in [-0.05, 0) is 36.4 Å². The average Bonchev–Trinajstić information content (AvgIpc) is 2.88. The number of benzene rings is 2. The Morgan fingerprint density at radius 3 is 2.90 bits per heavy atom. The van der Waals surface area contributed by atoms with Crippen molar-refractivity contribution in [3.63, 3.8) is 0 Å². The van der Waals surface area contributed by atoms with Gasteiger partial charge in [-0.25, -0.2) is 4.98 Å². The number of hydrogen-bond donors (Lipinski definition) is 2. The lowest BCUT2D eigenvalue weighted by atomic mass is 10.2. The van der Waals surface area contributed by atoms with Crippen molar-refractivity contribution in [2.45, 2.75) is 23.5 Å². The summed E-state index contributed by atoms with van der Waals surface area (Å²) in [5, 5.41) is 4.30. The van der Waals surface area contributed by atoms with Gasteiger partial charge in [0.2, 0.25) is 0 Å². The number of nitrogens with zero attached hydrogens (tertiary/aromatic N) is 1. The molecule has 2 N–H and O–H groups in total. The summed E-state index contributed by atoms with van der Waals surface area (Å²) in [6.07, 6.45) is 0. The van der Waals surface area contributed by atoms with Gasteiger partial charge in [-0.1, -0.05) is 52.8 Å². The minimum atomic E-state index is 0.867. The van der Waals surface area contributed by atoms with Crippen LogP contribution in [0.2, 0.25) is 0 Å². The van der Waals surface area contributed by atoms with Gasteiger partial charge in [-0.3, -0.25) is 0 Å². The van der Waals surface area contributed by atoms with E-state index in [4.69, 9.17) is 0 Å². The van der Waals surface area contributed by atoms with Crippen molar-refractivity contribution in [1.82, 2.24) is 15.3 Å². The van der Waals surface area contributed by atoms with Crippen LogP contribution in [0, 0.1) is 0 Å². The van der Waals surface area contributed by atoms with Crippen molar-refractivity contribution < 1.29 is 0 Å². The molecule has 0 aliphatic carbocycles. The Morgan fingerprint density at radius 1 is 1.24 bits per heavy atom. The second-order valence-corrected chi connectivity index (χ2v) is 6.64. The van der Waals surface area contributed by atoms with Crippen molar-refractivity contribution in [3.8, 4) is 0 Å². The van der Waals surface area contributed by atoms with E-state index in [-0.39, 0.29) is 0 Å². The maximum Gasteiger partial charge on any atom is 0.171 e. The smallest absolute Gasteiger partial charge is 0.171 e. The number of H-pyrrole nitrogens is 1. The number of halogens is 1. The molecular formula is C16H16BrN3S. The van der Waals surface area contributed by atoms with E-state index in [0.717, 1.165) is 33.8 Å². The van der Waals surface area contributed by atoms with E-state index in [1.54, 1.807) is 11.8 Å². The van der Waals surface area contributed by atoms with E-state index in [0.29, 0.717) is 0 Å². The summed E-state index contributed by atoms with van der Waals surface area (Å²) in [5.41, 5.74) is 3.36. The fourth-order valence-electron chi connectivity index (χ4n) is 2.11. The molecule has 0 spiro atoms. The molecule has 3 nitrogen and oxygen atoms in total. The first-order valence-corrected chi connectivity index (χ1v) is 8.49. The van der Waals surface area contributed by atoms with Gasteiger partial charge < -0.3 is 10.3 Å². The van der Waals surface area contributed by atoms with Crippen LogP contribution in [-0.2, 0) is 6.54 Å². The molecule has 108 valence electrons. The third-order valence-electron chi connectivity index (χ3n) is 3.17. The lowest BCUT2D eigenvalue weighted by molar-refractivity contribution is 0.717. The molecule has 0 fully saturated rings. The summed E-state index contributed by atoms with van der Waals surface area (Å²) in [6, 6.07) is 14.5. The van der Waals surface area contributed by atoms with Gasteiger partial charge in [0.05, 0.1) is 11.0 Å². The van der Waals surface area contributed by atoms with Gasteiger partial charge in [0.25, 0.3) is 0 Å². The molecule has 0 radical (unpaired) electrons. The van der Waals surface area contributed by atoms with Crippen molar-refractivity contribution >= 4 is 38.7 Å². The zero-order valence-corrected chi connectivity index (χ0v) is 14.1. The zero-order chi connectivity index (χ0) is 14.7. The summed E-state index contributed by atoms with van der Waals surface area (Å²) in [4.78, 5) is 9.21. The molecule has 0 aliphatic heterocycles. The van der Waals surface area contributed by atoms with E-state index in [1.165, 1.54) is 10.5 Å². The van der Waals surface area contributed by atoms with E-state index in [1.807, 2.05) is 24.3 Å². The van der Waals surface area contributed by atoms with Crippen LogP contribution in [0.3, 0.4) is 0 Å². The zero-order valence-electron chi connectivity index (χ0n) is 11.7. The Labute approximate surface area is 136 Å². The Bertz CT molecular complexity index is 721. The fraction of sp³-hybridized carbons (Fsp3) is 0.188. The van der Waals surface area contributed by atoms with Crippen LogP contribution in [0.15, 0.2) is 57.0 Å². The molecule has 0 saturated heterocycles. The van der Waals surface area contributed by atoms with Gasteiger partial charge in [0.15, 0.2) is 5.16 Å². The molecule has 5 heteroatoms. The van der Waals surface area contributed by atoms with Crippen molar-refractivity contribution in [2.75, 3.05) is 6.54 Å². The summed E-state index contributed by atoms with van der Waals surface area (Å²) >= 11 is 5.22. The second-order valence-electron chi connectivity index (χ2n) is 4.69. The first kappa shape index (κ1) is 14.6. The topological polar surface area (TPSA) is 40.7 Å². The summed E-state index contributed by atoms with van der Waals surface area (Å²) in [5.74, 6) is 0. The van der Waals surface area contributed by atoms with Gasteiger partial charge >= 0.3 is 0 Å². The van der Waals surface area contributed by atoms with Gasteiger partial charge in [0, 0.05) is 15.9 Å². The van der Waals surface area contributed by atoms with Crippen LogP contribution in [0.1, 0.15) is 12.5 Å². The lowest BCUT2D eigenvalue weighted by Crippen LogP contribution is -2.12. The minimum absolute atomic E-state index is 0.867. The van der Waals surface area contributed by atoms with E-state index >= 15 is 0 Å². The normalized spacial score (nSPS) is 11.1. The predicted octanol–water partition coefficient (Wildman–Crippen LogP) is 4.59. The van der Waals surface area contributed by atoms with Crippen LogP contribution >= 0.6 is 27.7 Å². The number of aromatic amines is 1. The highest BCUT2D eigenvalue weighted by atomic mass is 79.9. The monoisotopic (exact) mass is 361 g/mol. The van der Waals surface area contributed by atoms with Crippen LogP contribution in [0.5, 0.6) is 0 Å². The largest absolute Gasteiger partial charge is 0.333 e. The number of fused-ring (bicyclic) bond motifs is 1. The molecule has 21 heavy (non-hydrogen) atoms. The number of para-hydroxylation sites is 2. The number of nitrogens with one attached hydrogen (secondary N) is 2. The van der Waals surface area contributed by atoms with Crippen LogP contribution in [0.25, 0.3) is 11.0 Å². The van der Waals surface area contributed by atoms with Crippen LogP contribution in [-0.4, -0.2) is 16.5 Å². The Balaban J connectivity index is 1.90. The first-order valence-electron chi connectivity index (χ1n) is 6.88. The highest BCUT2D eigenvalue weighted by Crippen LogP contribution is 2.32. The second kappa shape index (κ2) is 6.64. The highest BCUT2D eigenvalue weighted by Gasteiger charge is 2.09. The average molecular weight is 362 g/mol. The molecule has 2 aromatic carbocycles. The molecule has 0 bridgehead atoms. The minimum Gasteiger partial charge on any atom is -0.333 e. The van der Waals surface area contributed by atoms with E-state index in [9.17, 15) is 0 Å². The molecular weight excluding hydrogens is 346 g/mol. The van der Waals surface area contributed by atoms with Gasteiger partial charge in [-0.15, -0.1) is 0 Å². The number of aromatic nitrogens is 2. The van der Waals surface area contributed by atoms with E-state index < -0.39 is 0 Å². The molecule has 0 atom stereocenters. The summed E-state index contributed by atoms with van der Waals surface area (Å²) in [6.45, 7) is 3.95. The quantitative estimate of drug-likeness (QED) is 0.698. The fourth-order valence-corrected chi connectivity index (χ4v) is 3.59. The number of imidazole rings is 1. The molecule has 0 aliphatic rings. The summed E-state index contributed by atoms with van der Waals surface area (Å²) in [7, 11) is 0. The Morgan fingerprint density at radius 2 is 2.10 bits per heavy atom.